The monoisotopic (exact) mass is 504 g/mol. The predicted octanol–water partition coefficient (Wildman–Crippen LogP) is 5.97. The third-order valence-corrected chi connectivity index (χ3v) is 5.55. The molecule has 2 aromatic carbocycles. The van der Waals surface area contributed by atoms with E-state index in [4.69, 9.17) is 23.8 Å². The first-order valence-electron chi connectivity index (χ1n) is 10.2. The van der Waals surface area contributed by atoms with Crippen LogP contribution in [0.3, 0.4) is 0 Å². The number of nitrogens with one attached hydrogen (secondary N) is 2. The number of alkyl halides is 3. The van der Waals surface area contributed by atoms with Gasteiger partial charge in [-0.15, -0.1) is 0 Å². The third kappa shape index (κ3) is 5.95. The molecule has 0 aliphatic carbocycles. The van der Waals surface area contributed by atoms with Crippen LogP contribution < -0.4 is 10.6 Å². The lowest BCUT2D eigenvalue weighted by Gasteiger charge is -2.10. The molecule has 0 saturated carbocycles. The van der Waals surface area contributed by atoms with E-state index in [1.165, 1.54) is 6.07 Å². The largest absolute Gasteiger partial charge is 0.416 e. The Morgan fingerprint density at radius 1 is 0.971 bits per heavy atom. The van der Waals surface area contributed by atoms with Crippen molar-refractivity contribution in [2.24, 2.45) is 0 Å². The van der Waals surface area contributed by atoms with Crippen molar-refractivity contribution in [2.75, 3.05) is 10.6 Å². The standard InChI is InChI=1S/C23H20ClF3N6S/c1-15-11-21(31-33(15)13-16-5-4-7-18(12-16)23(25,26)27)29-22(34)28-20-9-10-32(30-20)14-17-6-2-3-8-19(17)24/h2-12H,13-14H2,1H3,(H2,28,29,30,31,34). The van der Waals surface area contributed by atoms with E-state index in [0.717, 1.165) is 23.4 Å². The van der Waals surface area contributed by atoms with E-state index in [1.54, 1.807) is 27.6 Å². The van der Waals surface area contributed by atoms with Crippen LogP contribution in [0.1, 0.15) is 22.4 Å². The predicted molar refractivity (Wildman–Crippen MR) is 130 cm³/mol. The van der Waals surface area contributed by atoms with Gasteiger partial charge in [-0.1, -0.05) is 41.9 Å². The maximum absolute atomic E-state index is 13.0. The molecule has 0 radical (unpaired) electrons. The molecule has 2 N–H and O–H groups in total. The fourth-order valence-electron chi connectivity index (χ4n) is 3.33. The van der Waals surface area contributed by atoms with E-state index in [-0.39, 0.29) is 11.7 Å². The maximum Gasteiger partial charge on any atom is 0.416 e. The number of rotatable bonds is 6. The fourth-order valence-corrected chi connectivity index (χ4v) is 3.74. The summed E-state index contributed by atoms with van der Waals surface area (Å²) in [5.41, 5.74) is 1.53. The van der Waals surface area contributed by atoms with Gasteiger partial charge >= 0.3 is 6.18 Å². The molecule has 6 nitrogen and oxygen atoms in total. The quantitative estimate of drug-likeness (QED) is 0.317. The summed E-state index contributed by atoms with van der Waals surface area (Å²) in [6.45, 7) is 2.53. The van der Waals surface area contributed by atoms with Gasteiger partial charge < -0.3 is 10.6 Å². The molecule has 2 aromatic heterocycles. The number of hydrogen-bond acceptors (Lipinski definition) is 3. The molecule has 0 unspecified atom stereocenters. The average Bonchev–Trinajstić information content (AvgIpc) is 3.35. The van der Waals surface area contributed by atoms with Crippen LogP contribution in [0.2, 0.25) is 5.02 Å². The van der Waals surface area contributed by atoms with Crippen LogP contribution in [0.15, 0.2) is 66.9 Å². The van der Waals surface area contributed by atoms with Crippen molar-refractivity contribution in [3.05, 3.63) is 94.3 Å². The number of hydrogen-bond donors (Lipinski definition) is 2. The molecule has 11 heteroatoms. The molecule has 34 heavy (non-hydrogen) atoms. The molecule has 0 aliphatic heterocycles. The highest BCUT2D eigenvalue weighted by atomic mass is 35.5. The van der Waals surface area contributed by atoms with Crippen molar-refractivity contribution in [1.82, 2.24) is 19.6 Å². The second-order valence-electron chi connectivity index (χ2n) is 7.60. The Balaban J connectivity index is 1.37. The number of aromatic nitrogens is 4. The minimum Gasteiger partial charge on any atom is -0.316 e. The smallest absolute Gasteiger partial charge is 0.316 e. The second kappa shape index (κ2) is 9.86. The molecule has 4 aromatic rings. The number of anilines is 2. The molecular formula is C23H20ClF3N6S. The van der Waals surface area contributed by atoms with E-state index in [0.29, 0.717) is 28.8 Å². The molecular weight excluding hydrogens is 485 g/mol. The van der Waals surface area contributed by atoms with E-state index in [1.807, 2.05) is 37.4 Å². The fraction of sp³-hybridized carbons (Fsp3) is 0.174. The highest BCUT2D eigenvalue weighted by Crippen LogP contribution is 2.29. The zero-order valence-corrected chi connectivity index (χ0v) is 19.5. The van der Waals surface area contributed by atoms with Gasteiger partial charge in [0.05, 0.1) is 18.7 Å². The SMILES string of the molecule is Cc1cc(NC(=S)Nc2ccn(Cc3ccccc3Cl)n2)nn1Cc1cccc(C(F)(F)F)c1. The van der Waals surface area contributed by atoms with Gasteiger partial charge in [-0.3, -0.25) is 9.36 Å². The summed E-state index contributed by atoms with van der Waals surface area (Å²) in [7, 11) is 0. The van der Waals surface area contributed by atoms with Crippen molar-refractivity contribution in [3.63, 3.8) is 0 Å². The second-order valence-corrected chi connectivity index (χ2v) is 8.41. The Kier molecular flexibility index (Phi) is 6.90. The molecule has 2 heterocycles. The van der Waals surface area contributed by atoms with Crippen LogP contribution in [0.4, 0.5) is 24.8 Å². The van der Waals surface area contributed by atoms with Crippen LogP contribution in [0, 0.1) is 6.92 Å². The molecule has 0 amide bonds. The van der Waals surface area contributed by atoms with Gasteiger partial charge in [-0.05, 0) is 48.5 Å². The summed E-state index contributed by atoms with van der Waals surface area (Å²) >= 11 is 11.6. The van der Waals surface area contributed by atoms with Gasteiger partial charge in [0.2, 0.25) is 0 Å². The minimum absolute atomic E-state index is 0.198. The highest BCUT2D eigenvalue weighted by Gasteiger charge is 2.30. The van der Waals surface area contributed by atoms with Gasteiger partial charge in [0.15, 0.2) is 16.7 Å². The first kappa shape index (κ1) is 23.8. The van der Waals surface area contributed by atoms with E-state index in [9.17, 15) is 13.2 Å². The molecule has 0 aliphatic rings. The molecule has 4 rings (SSSR count). The van der Waals surface area contributed by atoms with Gasteiger partial charge in [-0.25, -0.2) is 0 Å². The van der Waals surface area contributed by atoms with Gasteiger partial charge in [0.25, 0.3) is 0 Å². The first-order valence-corrected chi connectivity index (χ1v) is 11.0. The molecule has 0 bridgehead atoms. The molecule has 0 fully saturated rings. The number of halogens is 4. The van der Waals surface area contributed by atoms with Crippen LogP contribution in [-0.2, 0) is 19.3 Å². The average molecular weight is 505 g/mol. The van der Waals surface area contributed by atoms with E-state index >= 15 is 0 Å². The minimum atomic E-state index is -4.39. The maximum atomic E-state index is 13.0. The molecule has 0 atom stereocenters. The normalized spacial score (nSPS) is 11.4. The summed E-state index contributed by atoms with van der Waals surface area (Å²) in [6, 6.07) is 16.3. The van der Waals surface area contributed by atoms with Gasteiger partial charge in [0.1, 0.15) is 0 Å². The summed E-state index contributed by atoms with van der Waals surface area (Å²) in [4.78, 5) is 0. The number of benzene rings is 2. The van der Waals surface area contributed by atoms with Gasteiger partial charge in [-0.2, -0.15) is 23.4 Å². The molecule has 0 saturated heterocycles. The lowest BCUT2D eigenvalue weighted by atomic mass is 10.1. The summed E-state index contributed by atoms with van der Waals surface area (Å²) in [6.07, 6.45) is -2.58. The highest BCUT2D eigenvalue weighted by molar-refractivity contribution is 7.80. The van der Waals surface area contributed by atoms with Crippen LogP contribution >= 0.6 is 23.8 Å². The first-order chi connectivity index (χ1) is 16.2. The Hall–Kier alpha value is -3.37. The zero-order chi connectivity index (χ0) is 24.3. The van der Waals surface area contributed by atoms with E-state index < -0.39 is 11.7 Å². The van der Waals surface area contributed by atoms with Crippen LogP contribution in [0.25, 0.3) is 0 Å². The van der Waals surface area contributed by atoms with Crippen molar-refractivity contribution in [3.8, 4) is 0 Å². The van der Waals surface area contributed by atoms with Crippen LogP contribution in [0.5, 0.6) is 0 Å². The van der Waals surface area contributed by atoms with Crippen molar-refractivity contribution >= 4 is 40.6 Å². The summed E-state index contributed by atoms with van der Waals surface area (Å²) in [5, 5.41) is 15.8. The number of nitrogens with zero attached hydrogens (tertiary/aromatic N) is 4. The van der Waals surface area contributed by atoms with Crippen molar-refractivity contribution in [2.45, 2.75) is 26.2 Å². The van der Waals surface area contributed by atoms with Crippen LogP contribution in [-0.4, -0.2) is 24.7 Å². The number of aryl methyl sites for hydroxylation is 1. The molecule has 176 valence electrons. The topological polar surface area (TPSA) is 59.7 Å². The lowest BCUT2D eigenvalue weighted by molar-refractivity contribution is -0.137. The lowest BCUT2D eigenvalue weighted by Crippen LogP contribution is -2.20. The zero-order valence-electron chi connectivity index (χ0n) is 18.0. The molecule has 0 spiro atoms. The van der Waals surface area contributed by atoms with Crippen molar-refractivity contribution in [1.29, 1.82) is 0 Å². The Morgan fingerprint density at radius 2 is 1.74 bits per heavy atom. The Bertz CT molecular complexity index is 1310. The summed E-state index contributed by atoms with van der Waals surface area (Å²) < 4.78 is 42.3. The van der Waals surface area contributed by atoms with Crippen molar-refractivity contribution < 1.29 is 13.2 Å². The Morgan fingerprint density at radius 3 is 2.50 bits per heavy atom. The van der Waals surface area contributed by atoms with Gasteiger partial charge in [0, 0.05) is 29.0 Å². The third-order valence-electron chi connectivity index (χ3n) is 4.98. The Labute approximate surface area is 204 Å². The van der Waals surface area contributed by atoms with E-state index in [2.05, 4.69) is 20.8 Å². The summed E-state index contributed by atoms with van der Waals surface area (Å²) in [5.74, 6) is 1.02. The number of thiocarbonyl (C=S) groups is 1.